The molecule has 0 aromatic heterocycles. The topological polar surface area (TPSA) is 27.0 Å². The van der Waals surface area contributed by atoms with Gasteiger partial charge in [0.15, 0.2) is 0 Å². The normalized spacial score (nSPS) is 13.9. The lowest BCUT2D eigenvalue weighted by molar-refractivity contribution is 0.586. The highest BCUT2D eigenvalue weighted by Gasteiger charge is 2.12. The van der Waals surface area contributed by atoms with Crippen molar-refractivity contribution in [3.05, 3.63) is 29.8 Å². The summed E-state index contributed by atoms with van der Waals surface area (Å²) < 4.78 is 2.38. The number of hydrogen-bond donors (Lipinski definition) is 0. The molecular weight excluding hydrogens is 252 g/mol. The Morgan fingerprint density at radius 3 is 2.05 bits per heavy atom. The van der Waals surface area contributed by atoms with Gasteiger partial charge in [-0.25, -0.2) is 4.31 Å². The van der Waals surface area contributed by atoms with Gasteiger partial charge in [0, 0.05) is 18.0 Å². The number of rotatable bonds is 3. The molecule has 0 unspecified atom stereocenters. The van der Waals surface area contributed by atoms with Gasteiger partial charge in [-0.05, 0) is 49.1 Å². The Kier molecular flexibility index (Phi) is 10.3. The lowest BCUT2D eigenvalue weighted by Gasteiger charge is -2.12. The minimum Gasteiger partial charge on any atom is -0.246 e. The highest BCUT2D eigenvalue weighted by Crippen LogP contribution is 2.26. The minimum absolute atomic E-state index is 0. The van der Waals surface area contributed by atoms with Crippen LogP contribution in [0.25, 0.3) is 0 Å². The first-order chi connectivity index (χ1) is 8.80. The number of benzene rings is 1. The molecule has 0 saturated carbocycles. The molecule has 0 N–H and O–H groups in total. The zero-order valence-corrected chi connectivity index (χ0v) is 12.2. The van der Waals surface area contributed by atoms with Crippen molar-refractivity contribution >= 4 is 11.9 Å². The summed E-state index contributed by atoms with van der Waals surface area (Å²) in [4.78, 5) is 1.23. The van der Waals surface area contributed by atoms with E-state index in [1.165, 1.54) is 43.7 Å². The molecule has 1 fully saturated rings. The molecule has 0 radical (unpaired) electrons. The van der Waals surface area contributed by atoms with Gasteiger partial charge in [-0.1, -0.05) is 34.1 Å². The van der Waals surface area contributed by atoms with Crippen LogP contribution in [-0.2, 0) is 0 Å². The van der Waals surface area contributed by atoms with Crippen LogP contribution in [0.1, 0.15) is 52.5 Å². The van der Waals surface area contributed by atoms with E-state index in [1.807, 2.05) is 24.3 Å². The average molecular weight is 278 g/mol. The van der Waals surface area contributed by atoms with Crippen molar-refractivity contribution in [1.29, 1.82) is 5.26 Å². The molecule has 3 heteroatoms. The lowest BCUT2D eigenvalue weighted by atomic mass is 10.2. The van der Waals surface area contributed by atoms with E-state index < -0.39 is 0 Å². The van der Waals surface area contributed by atoms with Gasteiger partial charge >= 0.3 is 0 Å². The molecule has 1 aromatic carbocycles. The molecule has 1 aromatic rings. The monoisotopic (exact) mass is 278 g/mol. The Morgan fingerprint density at radius 2 is 1.63 bits per heavy atom. The van der Waals surface area contributed by atoms with E-state index in [9.17, 15) is 0 Å². The second-order valence-electron chi connectivity index (χ2n) is 4.36. The quantitative estimate of drug-likeness (QED) is 0.719. The first-order valence-electron chi connectivity index (χ1n) is 6.73. The molecule has 1 heterocycles. The number of unbranched alkanes of at least 4 members (excludes halogenated alkanes) is 1. The predicted molar refractivity (Wildman–Crippen MR) is 85.1 cm³/mol. The minimum atomic E-state index is 0. The van der Waals surface area contributed by atoms with Gasteiger partial charge in [0.05, 0.1) is 11.6 Å². The van der Waals surface area contributed by atoms with Crippen LogP contribution in [0.4, 0.5) is 0 Å². The molecule has 1 saturated heterocycles. The first-order valence-corrected chi connectivity index (χ1v) is 7.50. The Balaban J connectivity index is 0.000000576. The molecule has 1 aliphatic heterocycles. The van der Waals surface area contributed by atoms with Crippen LogP contribution in [0, 0.1) is 11.3 Å². The Morgan fingerprint density at radius 1 is 1.11 bits per heavy atom. The van der Waals surface area contributed by atoms with Crippen LogP contribution >= 0.6 is 11.9 Å². The van der Waals surface area contributed by atoms with Crippen LogP contribution in [-0.4, -0.2) is 17.4 Å². The standard InChI is InChI=1S/C11H12N2S.C4H10.CH4/c12-9-10-3-5-11(6-4-10)14-13-7-1-2-8-13;1-3-4-2;/h3-6H,1-2,7-8H2;3-4H2,1-2H3;1H4. The third-order valence-electron chi connectivity index (χ3n) is 2.78. The summed E-state index contributed by atoms with van der Waals surface area (Å²) in [5.74, 6) is 0. The molecule has 0 amide bonds. The van der Waals surface area contributed by atoms with E-state index in [4.69, 9.17) is 5.26 Å². The van der Waals surface area contributed by atoms with Crippen LogP contribution in [0.2, 0.25) is 0 Å². The molecule has 106 valence electrons. The summed E-state index contributed by atoms with van der Waals surface area (Å²) in [5, 5.41) is 8.65. The molecule has 2 nitrogen and oxygen atoms in total. The van der Waals surface area contributed by atoms with Crippen molar-refractivity contribution in [2.45, 2.75) is 51.9 Å². The zero-order chi connectivity index (χ0) is 13.2. The average Bonchev–Trinajstić information content (AvgIpc) is 2.93. The molecule has 0 aliphatic carbocycles. The third kappa shape index (κ3) is 7.25. The highest BCUT2D eigenvalue weighted by molar-refractivity contribution is 7.97. The van der Waals surface area contributed by atoms with Crippen molar-refractivity contribution in [1.82, 2.24) is 4.31 Å². The molecule has 0 spiro atoms. The Labute approximate surface area is 122 Å². The van der Waals surface area contributed by atoms with Gasteiger partial charge in [-0.15, -0.1) is 0 Å². The lowest BCUT2D eigenvalue weighted by Crippen LogP contribution is -2.08. The van der Waals surface area contributed by atoms with Crippen LogP contribution < -0.4 is 0 Å². The second kappa shape index (κ2) is 10.9. The van der Waals surface area contributed by atoms with Crippen LogP contribution in [0.3, 0.4) is 0 Å². The molecular formula is C16H26N2S. The summed E-state index contributed by atoms with van der Waals surface area (Å²) in [6.45, 7) is 6.73. The summed E-state index contributed by atoms with van der Waals surface area (Å²) in [7, 11) is 0. The molecule has 19 heavy (non-hydrogen) atoms. The molecule has 0 atom stereocenters. The molecule has 1 aliphatic rings. The van der Waals surface area contributed by atoms with Gasteiger partial charge in [-0.3, -0.25) is 0 Å². The van der Waals surface area contributed by atoms with E-state index in [-0.39, 0.29) is 7.43 Å². The maximum atomic E-state index is 8.65. The van der Waals surface area contributed by atoms with Crippen molar-refractivity contribution < 1.29 is 0 Å². The molecule has 0 bridgehead atoms. The SMILES string of the molecule is C.CCCC.N#Cc1ccc(SN2CCCC2)cc1. The van der Waals surface area contributed by atoms with Gasteiger partial charge in [-0.2, -0.15) is 5.26 Å². The third-order valence-corrected chi connectivity index (χ3v) is 3.89. The van der Waals surface area contributed by atoms with Gasteiger partial charge in [0.25, 0.3) is 0 Å². The van der Waals surface area contributed by atoms with Gasteiger partial charge < -0.3 is 0 Å². The van der Waals surface area contributed by atoms with E-state index in [0.717, 1.165) is 5.56 Å². The fourth-order valence-corrected chi connectivity index (χ4v) is 2.52. The summed E-state index contributed by atoms with van der Waals surface area (Å²) in [6, 6.07) is 9.90. The summed E-state index contributed by atoms with van der Waals surface area (Å²) in [6.07, 6.45) is 5.26. The highest BCUT2D eigenvalue weighted by atomic mass is 32.2. The van der Waals surface area contributed by atoms with Crippen LogP contribution in [0.5, 0.6) is 0 Å². The van der Waals surface area contributed by atoms with E-state index in [2.05, 4.69) is 24.2 Å². The fourth-order valence-electron chi connectivity index (χ4n) is 1.52. The number of hydrogen-bond acceptors (Lipinski definition) is 3. The van der Waals surface area contributed by atoms with Crippen molar-refractivity contribution in [3.63, 3.8) is 0 Å². The van der Waals surface area contributed by atoms with E-state index in [0.29, 0.717) is 0 Å². The Hall–Kier alpha value is -0.980. The van der Waals surface area contributed by atoms with Gasteiger partial charge in [0.2, 0.25) is 0 Å². The summed E-state index contributed by atoms with van der Waals surface area (Å²) >= 11 is 1.79. The Bertz CT molecular complexity index is 359. The molecule has 2 rings (SSSR count). The smallest absolute Gasteiger partial charge is 0.0991 e. The number of nitrogens with zero attached hydrogens (tertiary/aromatic N) is 2. The van der Waals surface area contributed by atoms with Crippen LogP contribution in [0.15, 0.2) is 29.2 Å². The predicted octanol–water partition coefficient (Wildman–Crippen LogP) is 5.10. The maximum Gasteiger partial charge on any atom is 0.0991 e. The van der Waals surface area contributed by atoms with E-state index >= 15 is 0 Å². The fraction of sp³-hybridized carbons (Fsp3) is 0.562. The van der Waals surface area contributed by atoms with Crippen molar-refractivity contribution in [3.8, 4) is 6.07 Å². The largest absolute Gasteiger partial charge is 0.246 e. The zero-order valence-electron chi connectivity index (χ0n) is 11.4. The van der Waals surface area contributed by atoms with Gasteiger partial charge in [0.1, 0.15) is 0 Å². The summed E-state index contributed by atoms with van der Waals surface area (Å²) in [5.41, 5.74) is 0.732. The first kappa shape index (κ1) is 18.0. The van der Waals surface area contributed by atoms with E-state index in [1.54, 1.807) is 11.9 Å². The number of nitriles is 1. The maximum absolute atomic E-state index is 8.65. The van der Waals surface area contributed by atoms with Crippen molar-refractivity contribution in [2.24, 2.45) is 0 Å². The second-order valence-corrected chi connectivity index (χ2v) is 5.53. The van der Waals surface area contributed by atoms with Crippen molar-refractivity contribution in [2.75, 3.05) is 13.1 Å².